The number of nitrogens with zero attached hydrogens (tertiary/aromatic N) is 1. The van der Waals surface area contributed by atoms with Crippen molar-refractivity contribution in [2.75, 3.05) is 11.9 Å². The zero-order valence-corrected chi connectivity index (χ0v) is 19.1. The zero-order chi connectivity index (χ0) is 24.3. The van der Waals surface area contributed by atoms with Gasteiger partial charge in [0.2, 0.25) is 5.91 Å². The molecule has 4 rings (SSSR count). The molecule has 1 aliphatic rings. The predicted molar refractivity (Wildman–Crippen MR) is 132 cm³/mol. The first-order valence-corrected chi connectivity index (χ1v) is 11.3. The van der Waals surface area contributed by atoms with Crippen molar-refractivity contribution in [1.82, 2.24) is 4.90 Å². The molecule has 0 bridgehead atoms. The molecule has 1 aliphatic heterocycles. The van der Waals surface area contributed by atoms with E-state index in [2.05, 4.69) is 5.32 Å². The van der Waals surface area contributed by atoms with Gasteiger partial charge in [-0.25, -0.2) is 0 Å². The summed E-state index contributed by atoms with van der Waals surface area (Å²) in [5.41, 5.74) is 1.54. The zero-order valence-electron chi connectivity index (χ0n) is 17.5. The Labute approximate surface area is 203 Å². The Morgan fingerprint density at radius 3 is 2.24 bits per heavy atom. The van der Waals surface area contributed by atoms with Gasteiger partial charge < -0.3 is 5.32 Å². The standard InChI is InChI=1S/C25H17F3N2O2S2/c26-25(27,28)19-8-4-5-9-20(19)29-22(31)15-30-23(32)21(34-24(30)33)14-16-10-12-18(13-11-16)17-6-2-1-3-7-17/h1-14H,15H2,(H,29,31)/b21-14-. The number of carbonyl (C=O) groups is 2. The second kappa shape index (κ2) is 9.82. The number of nitrogens with one attached hydrogen (secondary N) is 1. The van der Waals surface area contributed by atoms with Crippen LogP contribution >= 0.6 is 24.0 Å². The number of anilines is 1. The van der Waals surface area contributed by atoms with Gasteiger partial charge in [0.1, 0.15) is 10.9 Å². The van der Waals surface area contributed by atoms with Gasteiger partial charge in [0, 0.05) is 0 Å². The van der Waals surface area contributed by atoms with Crippen LogP contribution in [0.4, 0.5) is 18.9 Å². The summed E-state index contributed by atoms with van der Waals surface area (Å²) >= 11 is 6.27. The lowest BCUT2D eigenvalue weighted by molar-refractivity contribution is -0.137. The fourth-order valence-electron chi connectivity index (χ4n) is 3.36. The number of rotatable bonds is 5. The van der Waals surface area contributed by atoms with E-state index in [0.717, 1.165) is 45.5 Å². The molecule has 1 fully saturated rings. The SMILES string of the molecule is O=C(CN1C(=O)/C(=C/c2ccc(-c3ccccc3)cc2)SC1=S)Nc1ccccc1C(F)(F)F. The lowest BCUT2D eigenvalue weighted by atomic mass is 10.0. The smallest absolute Gasteiger partial charge is 0.324 e. The Balaban J connectivity index is 1.45. The number of alkyl halides is 3. The number of carbonyl (C=O) groups excluding carboxylic acids is 2. The van der Waals surface area contributed by atoms with Gasteiger partial charge in [-0.1, -0.05) is 90.7 Å². The Bertz CT molecular complexity index is 1270. The van der Waals surface area contributed by atoms with Gasteiger partial charge in [-0.2, -0.15) is 13.2 Å². The predicted octanol–water partition coefficient (Wildman–Crippen LogP) is 6.21. The van der Waals surface area contributed by atoms with E-state index in [9.17, 15) is 22.8 Å². The molecule has 0 atom stereocenters. The minimum absolute atomic E-state index is 0.163. The third kappa shape index (κ3) is 5.37. The molecule has 0 aliphatic carbocycles. The third-order valence-corrected chi connectivity index (χ3v) is 6.38. The average Bonchev–Trinajstić information content (AvgIpc) is 3.07. The number of thiocarbonyl (C=S) groups is 1. The molecule has 1 heterocycles. The number of hydrogen-bond acceptors (Lipinski definition) is 4. The summed E-state index contributed by atoms with van der Waals surface area (Å²) in [7, 11) is 0. The molecule has 4 nitrogen and oxygen atoms in total. The fraction of sp³-hybridized carbons (Fsp3) is 0.0800. The highest BCUT2D eigenvalue weighted by molar-refractivity contribution is 8.26. The van der Waals surface area contributed by atoms with Crippen LogP contribution in [0.1, 0.15) is 11.1 Å². The van der Waals surface area contributed by atoms with Crippen LogP contribution in [-0.2, 0) is 15.8 Å². The maximum absolute atomic E-state index is 13.2. The van der Waals surface area contributed by atoms with Crippen LogP contribution in [0, 0.1) is 0 Å². The Morgan fingerprint density at radius 1 is 0.941 bits per heavy atom. The molecule has 3 aromatic rings. The lowest BCUT2D eigenvalue weighted by Crippen LogP contribution is -2.36. The molecule has 0 aromatic heterocycles. The number of para-hydroxylation sites is 1. The van der Waals surface area contributed by atoms with E-state index in [1.54, 1.807) is 6.08 Å². The highest BCUT2D eigenvalue weighted by Gasteiger charge is 2.35. The molecule has 172 valence electrons. The quantitative estimate of drug-likeness (QED) is 0.336. The molecular formula is C25H17F3N2O2S2. The van der Waals surface area contributed by atoms with Crippen molar-refractivity contribution < 1.29 is 22.8 Å². The van der Waals surface area contributed by atoms with Crippen LogP contribution in [0.2, 0.25) is 0 Å². The highest BCUT2D eigenvalue weighted by Crippen LogP contribution is 2.35. The van der Waals surface area contributed by atoms with E-state index < -0.39 is 30.1 Å². The Hall–Kier alpha value is -3.43. The molecule has 1 saturated heterocycles. The molecule has 0 radical (unpaired) electrons. The van der Waals surface area contributed by atoms with Crippen LogP contribution in [0.15, 0.2) is 83.8 Å². The summed E-state index contributed by atoms with van der Waals surface area (Å²) in [4.78, 5) is 26.6. The second-order valence-corrected chi connectivity index (χ2v) is 9.02. The van der Waals surface area contributed by atoms with Gasteiger partial charge in [0.15, 0.2) is 0 Å². The average molecular weight is 499 g/mol. The van der Waals surface area contributed by atoms with Crippen molar-refractivity contribution in [2.24, 2.45) is 0 Å². The highest BCUT2D eigenvalue weighted by atomic mass is 32.2. The topological polar surface area (TPSA) is 49.4 Å². The van der Waals surface area contributed by atoms with Crippen LogP contribution in [0.5, 0.6) is 0 Å². The van der Waals surface area contributed by atoms with Crippen LogP contribution in [0.3, 0.4) is 0 Å². The first kappa shape index (κ1) is 23.7. The first-order chi connectivity index (χ1) is 16.2. The van der Waals surface area contributed by atoms with Crippen molar-refractivity contribution in [3.05, 3.63) is 94.9 Å². The van der Waals surface area contributed by atoms with Crippen molar-refractivity contribution in [1.29, 1.82) is 0 Å². The van der Waals surface area contributed by atoms with E-state index >= 15 is 0 Å². The fourth-order valence-corrected chi connectivity index (χ4v) is 4.62. The lowest BCUT2D eigenvalue weighted by Gasteiger charge is -2.16. The Kier molecular flexibility index (Phi) is 6.85. The van der Waals surface area contributed by atoms with Crippen LogP contribution in [-0.4, -0.2) is 27.6 Å². The van der Waals surface area contributed by atoms with Crippen molar-refractivity contribution in [3.63, 3.8) is 0 Å². The summed E-state index contributed by atoms with van der Waals surface area (Å²) in [5, 5.41) is 2.23. The van der Waals surface area contributed by atoms with Crippen LogP contribution < -0.4 is 5.32 Å². The molecule has 0 spiro atoms. The summed E-state index contributed by atoms with van der Waals surface area (Å²) in [5.74, 6) is -1.25. The van der Waals surface area contributed by atoms with Gasteiger partial charge >= 0.3 is 6.18 Å². The Morgan fingerprint density at radius 2 is 1.56 bits per heavy atom. The number of halogens is 3. The summed E-state index contributed by atoms with van der Waals surface area (Å²) in [6.45, 7) is -0.485. The molecule has 1 N–H and O–H groups in total. The number of hydrogen-bond donors (Lipinski definition) is 1. The monoisotopic (exact) mass is 498 g/mol. The maximum Gasteiger partial charge on any atom is 0.418 e. The first-order valence-electron chi connectivity index (χ1n) is 10.1. The third-order valence-electron chi connectivity index (χ3n) is 5.00. The van der Waals surface area contributed by atoms with Gasteiger partial charge in [-0.15, -0.1) is 0 Å². The van der Waals surface area contributed by atoms with Crippen molar-refractivity contribution >= 4 is 51.9 Å². The summed E-state index contributed by atoms with van der Waals surface area (Å²) < 4.78 is 39.6. The molecule has 34 heavy (non-hydrogen) atoms. The van der Waals surface area contributed by atoms with Gasteiger partial charge in [-0.3, -0.25) is 14.5 Å². The minimum atomic E-state index is -4.62. The molecule has 9 heteroatoms. The molecule has 2 amide bonds. The normalized spacial score (nSPS) is 15.1. The summed E-state index contributed by atoms with van der Waals surface area (Å²) in [6.07, 6.45) is -2.95. The minimum Gasteiger partial charge on any atom is -0.324 e. The number of benzene rings is 3. The molecule has 0 saturated carbocycles. The van der Waals surface area contributed by atoms with Crippen molar-refractivity contribution in [2.45, 2.75) is 6.18 Å². The molecule has 3 aromatic carbocycles. The van der Waals surface area contributed by atoms with E-state index in [0.29, 0.717) is 4.91 Å². The van der Waals surface area contributed by atoms with E-state index in [-0.39, 0.29) is 10.0 Å². The maximum atomic E-state index is 13.2. The largest absolute Gasteiger partial charge is 0.418 e. The van der Waals surface area contributed by atoms with E-state index in [4.69, 9.17) is 12.2 Å². The van der Waals surface area contributed by atoms with Crippen LogP contribution in [0.25, 0.3) is 17.2 Å². The van der Waals surface area contributed by atoms with Crippen molar-refractivity contribution in [3.8, 4) is 11.1 Å². The summed E-state index contributed by atoms with van der Waals surface area (Å²) in [6, 6.07) is 22.1. The number of amides is 2. The molecular weight excluding hydrogens is 481 g/mol. The van der Waals surface area contributed by atoms with Gasteiger partial charge in [0.05, 0.1) is 16.2 Å². The molecule has 0 unspecified atom stereocenters. The van der Waals surface area contributed by atoms with Gasteiger partial charge in [0.25, 0.3) is 5.91 Å². The van der Waals surface area contributed by atoms with E-state index in [1.807, 2.05) is 54.6 Å². The van der Waals surface area contributed by atoms with E-state index in [1.165, 1.54) is 12.1 Å². The second-order valence-electron chi connectivity index (χ2n) is 7.35. The number of thioether (sulfide) groups is 1. The van der Waals surface area contributed by atoms with Gasteiger partial charge in [-0.05, 0) is 34.9 Å².